The van der Waals surface area contributed by atoms with Crippen molar-refractivity contribution in [1.82, 2.24) is 9.97 Å². The third-order valence-corrected chi connectivity index (χ3v) is 6.85. The minimum atomic E-state index is -0.503. The quantitative estimate of drug-likeness (QED) is 0.435. The van der Waals surface area contributed by atoms with Crippen LogP contribution in [0.5, 0.6) is 5.75 Å². The number of nitrogens with zero attached hydrogens (tertiary/aromatic N) is 3. The number of benzene rings is 1. The van der Waals surface area contributed by atoms with Crippen LogP contribution in [0.25, 0.3) is 0 Å². The SMILES string of the molecule is O=C1Nc2cc(Cl)nc(C3CC3)c2CN1c1cc2c(cc1Cl)CCC(c1ncccc1F)O2. The molecule has 0 spiro atoms. The number of urea groups is 1. The Hall–Kier alpha value is -2.90. The molecule has 2 amide bonds. The summed E-state index contributed by atoms with van der Waals surface area (Å²) in [6, 6.07) is 7.88. The zero-order valence-corrected chi connectivity index (χ0v) is 19.0. The fraction of sp³-hybridized carbons (Fsp3) is 0.292. The van der Waals surface area contributed by atoms with Crippen LogP contribution in [-0.4, -0.2) is 16.0 Å². The van der Waals surface area contributed by atoms with Gasteiger partial charge in [-0.05, 0) is 55.5 Å². The highest BCUT2D eigenvalue weighted by Gasteiger charge is 2.35. The van der Waals surface area contributed by atoms with Crippen LogP contribution in [0.15, 0.2) is 36.5 Å². The van der Waals surface area contributed by atoms with Crippen LogP contribution in [-0.2, 0) is 13.0 Å². The highest BCUT2D eigenvalue weighted by atomic mass is 35.5. The molecule has 1 aliphatic carbocycles. The van der Waals surface area contributed by atoms with Crippen molar-refractivity contribution < 1.29 is 13.9 Å². The summed E-state index contributed by atoms with van der Waals surface area (Å²) >= 11 is 12.8. The van der Waals surface area contributed by atoms with Gasteiger partial charge in [0.1, 0.15) is 28.5 Å². The van der Waals surface area contributed by atoms with Crippen LogP contribution >= 0.6 is 23.2 Å². The van der Waals surface area contributed by atoms with E-state index in [2.05, 4.69) is 15.3 Å². The molecule has 168 valence electrons. The van der Waals surface area contributed by atoms with Crippen molar-refractivity contribution in [3.63, 3.8) is 0 Å². The maximum Gasteiger partial charge on any atom is 0.326 e. The molecule has 3 aliphatic rings. The predicted octanol–water partition coefficient (Wildman–Crippen LogP) is 6.42. The first kappa shape index (κ1) is 20.7. The number of anilines is 2. The Bertz CT molecular complexity index is 1300. The van der Waals surface area contributed by atoms with Gasteiger partial charge in [-0.25, -0.2) is 14.2 Å². The third-order valence-electron chi connectivity index (χ3n) is 6.35. The smallest absolute Gasteiger partial charge is 0.326 e. The number of ether oxygens (including phenoxy) is 1. The number of pyridine rings is 2. The topological polar surface area (TPSA) is 67.4 Å². The zero-order valence-electron chi connectivity index (χ0n) is 17.4. The van der Waals surface area contributed by atoms with Crippen LogP contribution < -0.4 is 15.0 Å². The molecule has 1 atom stereocenters. The summed E-state index contributed by atoms with van der Waals surface area (Å²) in [4.78, 5) is 23.3. The summed E-state index contributed by atoms with van der Waals surface area (Å²) < 4.78 is 20.4. The van der Waals surface area contributed by atoms with E-state index in [0.29, 0.717) is 52.6 Å². The Morgan fingerprint density at radius 3 is 2.79 bits per heavy atom. The Morgan fingerprint density at radius 1 is 1.15 bits per heavy atom. The van der Waals surface area contributed by atoms with Crippen LogP contribution in [0.3, 0.4) is 0 Å². The molecule has 33 heavy (non-hydrogen) atoms. The number of halogens is 3. The highest BCUT2D eigenvalue weighted by Crippen LogP contribution is 2.46. The Morgan fingerprint density at radius 2 is 2.00 bits per heavy atom. The van der Waals surface area contributed by atoms with Gasteiger partial charge in [0.25, 0.3) is 0 Å². The van der Waals surface area contributed by atoms with E-state index in [4.69, 9.17) is 27.9 Å². The number of aromatic nitrogens is 2. The monoisotopic (exact) mass is 484 g/mol. The molecule has 6 rings (SSSR count). The van der Waals surface area contributed by atoms with Crippen LogP contribution in [0, 0.1) is 5.82 Å². The van der Waals surface area contributed by atoms with Gasteiger partial charge in [-0.3, -0.25) is 9.88 Å². The van der Waals surface area contributed by atoms with Gasteiger partial charge in [0.05, 0.1) is 28.6 Å². The number of nitrogens with one attached hydrogen (secondary N) is 1. The first-order valence-electron chi connectivity index (χ1n) is 10.8. The average Bonchev–Trinajstić information content (AvgIpc) is 3.63. The summed E-state index contributed by atoms with van der Waals surface area (Å²) in [5.41, 5.74) is 4.29. The second-order valence-corrected chi connectivity index (χ2v) is 9.37. The third kappa shape index (κ3) is 3.69. The van der Waals surface area contributed by atoms with E-state index in [-0.39, 0.29) is 11.7 Å². The second kappa shape index (κ2) is 7.85. The number of hydrogen-bond donors (Lipinski definition) is 1. The van der Waals surface area contributed by atoms with Crippen molar-refractivity contribution in [3.05, 3.63) is 75.0 Å². The molecule has 1 fully saturated rings. The first-order chi connectivity index (χ1) is 16.0. The lowest BCUT2D eigenvalue weighted by Crippen LogP contribution is -2.39. The summed E-state index contributed by atoms with van der Waals surface area (Å²) in [5, 5.41) is 3.75. The summed E-state index contributed by atoms with van der Waals surface area (Å²) in [7, 11) is 0. The molecule has 1 saturated carbocycles. The maximum atomic E-state index is 14.3. The minimum absolute atomic E-state index is 0.279. The summed E-state index contributed by atoms with van der Waals surface area (Å²) in [6.07, 6.45) is 4.43. The van der Waals surface area contributed by atoms with Crippen molar-refractivity contribution in [3.8, 4) is 5.75 Å². The number of carbonyl (C=O) groups is 1. The van der Waals surface area contributed by atoms with Gasteiger partial charge in [-0.2, -0.15) is 0 Å². The molecule has 1 N–H and O–H groups in total. The van der Waals surface area contributed by atoms with Gasteiger partial charge in [0, 0.05) is 23.7 Å². The number of aryl methyl sites for hydroxylation is 1. The highest BCUT2D eigenvalue weighted by molar-refractivity contribution is 6.34. The van der Waals surface area contributed by atoms with E-state index < -0.39 is 11.9 Å². The van der Waals surface area contributed by atoms with Gasteiger partial charge < -0.3 is 10.1 Å². The average molecular weight is 485 g/mol. The molecule has 4 heterocycles. The molecule has 2 aromatic heterocycles. The van der Waals surface area contributed by atoms with Gasteiger partial charge in [-0.15, -0.1) is 0 Å². The molecule has 1 aromatic carbocycles. The van der Waals surface area contributed by atoms with Crippen molar-refractivity contribution in [1.29, 1.82) is 0 Å². The predicted molar refractivity (Wildman–Crippen MR) is 124 cm³/mol. The van der Waals surface area contributed by atoms with Gasteiger partial charge in [0.15, 0.2) is 0 Å². The van der Waals surface area contributed by atoms with Gasteiger partial charge in [0.2, 0.25) is 0 Å². The minimum Gasteiger partial charge on any atom is -0.484 e. The molecule has 9 heteroatoms. The molecule has 3 aromatic rings. The number of amides is 2. The Kier molecular flexibility index (Phi) is 4.92. The number of hydrogen-bond acceptors (Lipinski definition) is 4. The summed E-state index contributed by atoms with van der Waals surface area (Å²) in [5.74, 6) is 0.544. The summed E-state index contributed by atoms with van der Waals surface area (Å²) in [6.45, 7) is 0.327. The van der Waals surface area contributed by atoms with E-state index in [9.17, 15) is 9.18 Å². The molecule has 6 nitrogen and oxygen atoms in total. The number of fused-ring (bicyclic) bond motifs is 2. The van der Waals surface area contributed by atoms with Crippen molar-refractivity contribution >= 4 is 40.6 Å². The number of rotatable bonds is 3. The second-order valence-electron chi connectivity index (χ2n) is 8.57. The largest absolute Gasteiger partial charge is 0.484 e. The van der Waals surface area contributed by atoms with Gasteiger partial charge >= 0.3 is 6.03 Å². The fourth-order valence-electron chi connectivity index (χ4n) is 4.56. The fourth-order valence-corrected chi connectivity index (χ4v) is 5.05. The van der Waals surface area contributed by atoms with E-state index in [1.807, 2.05) is 6.07 Å². The molecule has 1 unspecified atom stereocenters. The molecule has 0 bridgehead atoms. The molecular formula is C24H19Cl2FN4O2. The Labute approximate surface area is 199 Å². The van der Waals surface area contributed by atoms with E-state index in [1.165, 1.54) is 6.07 Å². The van der Waals surface area contributed by atoms with E-state index >= 15 is 0 Å². The van der Waals surface area contributed by atoms with Crippen LogP contribution in [0.2, 0.25) is 10.2 Å². The lowest BCUT2D eigenvalue weighted by atomic mass is 9.99. The van der Waals surface area contributed by atoms with Gasteiger partial charge in [-0.1, -0.05) is 23.2 Å². The standard InChI is InChI=1S/C24H19Cl2FN4O2/c25-15-8-13-5-6-19(23-16(27)2-1-7-28-23)33-20(13)10-18(15)31-11-14-17(29-24(31)32)9-21(26)30-22(14)12-3-4-12/h1-2,7-10,12,19H,3-6,11H2,(H,29,32). The maximum absolute atomic E-state index is 14.3. The van der Waals surface area contributed by atoms with Crippen molar-refractivity contribution in [2.24, 2.45) is 0 Å². The van der Waals surface area contributed by atoms with Crippen molar-refractivity contribution in [2.45, 2.75) is 44.2 Å². The van der Waals surface area contributed by atoms with E-state index in [0.717, 1.165) is 29.7 Å². The lowest BCUT2D eigenvalue weighted by molar-refractivity contribution is 0.167. The molecule has 2 aliphatic heterocycles. The zero-order chi connectivity index (χ0) is 22.7. The molecule has 0 saturated heterocycles. The molecule has 0 radical (unpaired) electrons. The first-order valence-corrected chi connectivity index (χ1v) is 11.6. The van der Waals surface area contributed by atoms with Crippen LogP contribution in [0.1, 0.15) is 53.8 Å². The van der Waals surface area contributed by atoms with Crippen LogP contribution in [0.4, 0.5) is 20.6 Å². The normalized spacial score (nSPS) is 19.4. The molecular weight excluding hydrogens is 466 g/mol. The number of carbonyl (C=O) groups excluding carboxylic acids is 1. The Balaban J connectivity index is 1.35. The van der Waals surface area contributed by atoms with E-state index in [1.54, 1.807) is 29.3 Å². The van der Waals surface area contributed by atoms with Crippen molar-refractivity contribution in [2.75, 3.05) is 10.2 Å². The lowest BCUT2D eigenvalue weighted by Gasteiger charge is -2.33.